The van der Waals surface area contributed by atoms with E-state index in [9.17, 15) is 0 Å². The fraction of sp³-hybridized carbons (Fsp3) is 0.625. The number of hydrogen-bond acceptors (Lipinski definition) is 2. The Morgan fingerprint density at radius 2 is 1.83 bits per heavy atom. The molecule has 1 aromatic rings. The largest absolute Gasteiger partial charge is 0.381 e. The van der Waals surface area contributed by atoms with Gasteiger partial charge in [0.25, 0.3) is 0 Å². The lowest BCUT2D eigenvalue weighted by Crippen LogP contribution is -2.55. The average molecular weight is 245 g/mol. The van der Waals surface area contributed by atoms with Gasteiger partial charge in [-0.3, -0.25) is 0 Å². The molecule has 2 aliphatic heterocycles. The van der Waals surface area contributed by atoms with Gasteiger partial charge in [-0.2, -0.15) is 0 Å². The van der Waals surface area contributed by atoms with Crippen LogP contribution < -0.4 is 5.32 Å². The summed E-state index contributed by atoms with van der Waals surface area (Å²) in [6, 6.07) is 11.0. The molecule has 2 fully saturated rings. The van der Waals surface area contributed by atoms with Crippen LogP contribution >= 0.6 is 0 Å². The van der Waals surface area contributed by atoms with E-state index >= 15 is 0 Å². The zero-order valence-corrected chi connectivity index (χ0v) is 11.0. The number of hydrogen-bond donors (Lipinski definition) is 1. The molecule has 0 aliphatic carbocycles. The van der Waals surface area contributed by atoms with Crippen molar-refractivity contribution in [3.63, 3.8) is 0 Å². The van der Waals surface area contributed by atoms with Crippen LogP contribution in [0.1, 0.15) is 24.8 Å². The molecular weight excluding hydrogens is 222 g/mol. The summed E-state index contributed by atoms with van der Waals surface area (Å²) < 4.78 is 5.47. The average Bonchev–Trinajstić information content (AvgIpc) is 2.39. The molecule has 18 heavy (non-hydrogen) atoms. The van der Waals surface area contributed by atoms with Gasteiger partial charge in [0.05, 0.1) is 0 Å². The van der Waals surface area contributed by atoms with Gasteiger partial charge in [0.2, 0.25) is 0 Å². The maximum Gasteiger partial charge on any atom is 0.0468 e. The van der Waals surface area contributed by atoms with E-state index in [0.29, 0.717) is 5.41 Å². The highest BCUT2D eigenvalue weighted by Crippen LogP contribution is 2.37. The third kappa shape index (κ3) is 2.76. The van der Waals surface area contributed by atoms with Gasteiger partial charge in [-0.05, 0) is 42.6 Å². The Labute approximate surface area is 110 Å². The molecule has 2 aliphatic rings. The maximum atomic E-state index is 5.47. The van der Waals surface area contributed by atoms with Crippen LogP contribution in [-0.4, -0.2) is 26.3 Å². The molecule has 1 N–H and O–H groups in total. The van der Waals surface area contributed by atoms with Crippen LogP contribution in [0.25, 0.3) is 0 Å². The van der Waals surface area contributed by atoms with Crippen molar-refractivity contribution in [2.24, 2.45) is 11.3 Å². The Bertz CT molecular complexity index is 366. The standard InChI is InChI=1S/C16H23NO/c1-2-4-14(5-3-1)10-16(12-17-13-16)11-15-6-8-18-9-7-15/h1-5,15,17H,6-13H2. The quantitative estimate of drug-likeness (QED) is 0.880. The van der Waals surface area contributed by atoms with Crippen molar-refractivity contribution in [3.05, 3.63) is 35.9 Å². The molecule has 0 bridgehead atoms. The van der Waals surface area contributed by atoms with Gasteiger partial charge in [0.15, 0.2) is 0 Å². The molecule has 0 amide bonds. The summed E-state index contributed by atoms with van der Waals surface area (Å²) >= 11 is 0. The van der Waals surface area contributed by atoms with Crippen molar-refractivity contribution in [1.29, 1.82) is 0 Å². The molecule has 2 nitrogen and oxygen atoms in total. The molecular formula is C16H23NO. The smallest absolute Gasteiger partial charge is 0.0468 e. The summed E-state index contributed by atoms with van der Waals surface area (Å²) in [6.07, 6.45) is 5.13. The first-order valence-electron chi connectivity index (χ1n) is 7.19. The van der Waals surface area contributed by atoms with Crippen molar-refractivity contribution >= 4 is 0 Å². The van der Waals surface area contributed by atoms with E-state index in [-0.39, 0.29) is 0 Å². The van der Waals surface area contributed by atoms with Crippen molar-refractivity contribution in [1.82, 2.24) is 5.32 Å². The molecule has 1 aromatic carbocycles. The van der Waals surface area contributed by atoms with Crippen molar-refractivity contribution < 1.29 is 4.74 Å². The monoisotopic (exact) mass is 245 g/mol. The van der Waals surface area contributed by atoms with E-state index in [1.807, 2.05) is 0 Å². The Morgan fingerprint density at radius 1 is 1.11 bits per heavy atom. The topological polar surface area (TPSA) is 21.3 Å². The van der Waals surface area contributed by atoms with Crippen LogP contribution in [0.2, 0.25) is 0 Å². The first-order chi connectivity index (χ1) is 8.86. The minimum atomic E-state index is 0.517. The summed E-state index contributed by atoms with van der Waals surface area (Å²) in [6.45, 7) is 4.33. The van der Waals surface area contributed by atoms with E-state index in [1.165, 1.54) is 44.3 Å². The first kappa shape index (κ1) is 12.2. The lowest BCUT2D eigenvalue weighted by atomic mass is 9.69. The summed E-state index contributed by atoms with van der Waals surface area (Å²) in [5.74, 6) is 0.879. The van der Waals surface area contributed by atoms with Crippen molar-refractivity contribution in [3.8, 4) is 0 Å². The maximum absolute atomic E-state index is 5.47. The number of rotatable bonds is 4. The predicted octanol–water partition coefficient (Wildman–Crippen LogP) is 2.64. The highest BCUT2D eigenvalue weighted by Gasteiger charge is 2.39. The Morgan fingerprint density at radius 3 is 2.44 bits per heavy atom. The molecule has 2 heteroatoms. The molecule has 2 heterocycles. The number of ether oxygens (including phenoxy) is 1. The zero-order chi connectivity index (χ0) is 12.3. The number of nitrogens with one attached hydrogen (secondary N) is 1. The molecule has 3 rings (SSSR count). The predicted molar refractivity (Wildman–Crippen MR) is 73.6 cm³/mol. The Kier molecular flexibility index (Phi) is 3.67. The minimum absolute atomic E-state index is 0.517. The van der Waals surface area contributed by atoms with Crippen LogP contribution in [0.3, 0.4) is 0 Å². The summed E-state index contributed by atoms with van der Waals surface area (Å²) in [7, 11) is 0. The van der Waals surface area contributed by atoms with Crippen LogP contribution in [0.4, 0.5) is 0 Å². The molecule has 0 atom stereocenters. The van der Waals surface area contributed by atoms with Gasteiger partial charge in [0, 0.05) is 26.3 Å². The van der Waals surface area contributed by atoms with Crippen LogP contribution in [-0.2, 0) is 11.2 Å². The Hall–Kier alpha value is -0.860. The third-order valence-corrected chi connectivity index (χ3v) is 4.48. The molecule has 0 unspecified atom stereocenters. The Balaban J connectivity index is 1.63. The molecule has 0 saturated carbocycles. The molecule has 0 spiro atoms. The second-order valence-corrected chi connectivity index (χ2v) is 6.03. The van der Waals surface area contributed by atoms with Crippen molar-refractivity contribution in [2.45, 2.75) is 25.7 Å². The van der Waals surface area contributed by atoms with Gasteiger partial charge in [-0.1, -0.05) is 30.3 Å². The number of benzene rings is 1. The van der Waals surface area contributed by atoms with Gasteiger partial charge < -0.3 is 10.1 Å². The SMILES string of the molecule is c1ccc(CC2(CC3CCOCC3)CNC2)cc1. The van der Waals surface area contributed by atoms with E-state index < -0.39 is 0 Å². The normalized spacial score (nSPS) is 23.6. The second kappa shape index (κ2) is 5.41. The molecule has 2 saturated heterocycles. The molecule has 98 valence electrons. The summed E-state index contributed by atoms with van der Waals surface area (Å²) in [5, 5.41) is 3.48. The molecule has 0 aromatic heterocycles. The first-order valence-corrected chi connectivity index (χ1v) is 7.19. The highest BCUT2D eigenvalue weighted by molar-refractivity contribution is 5.18. The van der Waals surface area contributed by atoms with Gasteiger partial charge in [0.1, 0.15) is 0 Å². The van der Waals surface area contributed by atoms with E-state index in [2.05, 4.69) is 35.6 Å². The van der Waals surface area contributed by atoms with Gasteiger partial charge in [-0.15, -0.1) is 0 Å². The van der Waals surface area contributed by atoms with E-state index in [0.717, 1.165) is 19.1 Å². The highest BCUT2D eigenvalue weighted by atomic mass is 16.5. The van der Waals surface area contributed by atoms with E-state index in [4.69, 9.17) is 4.74 Å². The van der Waals surface area contributed by atoms with Crippen molar-refractivity contribution in [2.75, 3.05) is 26.3 Å². The fourth-order valence-corrected chi connectivity index (χ4v) is 3.41. The summed E-state index contributed by atoms with van der Waals surface area (Å²) in [5.41, 5.74) is 2.01. The van der Waals surface area contributed by atoms with Gasteiger partial charge in [-0.25, -0.2) is 0 Å². The van der Waals surface area contributed by atoms with Gasteiger partial charge >= 0.3 is 0 Å². The van der Waals surface area contributed by atoms with E-state index in [1.54, 1.807) is 0 Å². The van der Waals surface area contributed by atoms with Crippen LogP contribution in [0.15, 0.2) is 30.3 Å². The molecule has 0 radical (unpaired) electrons. The summed E-state index contributed by atoms with van der Waals surface area (Å²) in [4.78, 5) is 0. The van der Waals surface area contributed by atoms with Crippen LogP contribution in [0.5, 0.6) is 0 Å². The lowest BCUT2D eigenvalue weighted by molar-refractivity contribution is 0.0331. The lowest BCUT2D eigenvalue weighted by Gasteiger charge is -2.45. The fourth-order valence-electron chi connectivity index (χ4n) is 3.41. The minimum Gasteiger partial charge on any atom is -0.381 e. The second-order valence-electron chi connectivity index (χ2n) is 6.03. The third-order valence-electron chi connectivity index (χ3n) is 4.48. The van der Waals surface area contributed by atoms with Crippen LogP contribution in [0, 0.1) is 11.3 Å². The zero-order valence-electron chi connectivity index (χ0n) is 11.0.